The van der Waals surface area contributed by atoms with Gasteiger partial charge >= 0.3 is 11.9 Å². The highest BCUT2D eigenvalue weighted by molar-refractivity contribution is 8.00. The number of hydrogen-bond donors (Lipinski definition) is 0. The van der Waals surface area contributed by atoms with Crippen LogP contribution in [0, 0.1) is 0 Å². The number of carbonyl (C=O) groups excluding carboxylic acids is 2. The third kappa shape index (κ3) is 4.69. The summed E-state index contributed by atoms with van der Waals surface area (Å²) >= 11 is 1.56. The lowest BCUT2D eigenvalue weighted by Gasteiger charge is -2.03. The van der Waals surface area contributed by atoms with Gasteiger partial charge in [-0.1, -0.05) is 32.6 Å². The Morgan fingerprint density at radius 2 is 2.00 bits per heavy atom. The Morgan fingerprint density at radius 3 is 2.60 bits per heavy atom. The number of hydrogen-bond acceptors (Lipinski definition) is 4. The maximum Gasteiger partial charge on any atom is 0.327 e. The molecule has 1 aliphatic rings. The maximum atomic E-state index is 11.1. The zero-order chi connectivity index (χ0) is 11.1. The van der Waals surface area contributed by atoms with Crippen LogP contribution in [0.3, 0.4) is 0 Å². The van der Waals surface area contributed by atoms with Crippen molar-refractivity contribution in [2.45, 2.75) is 50.7 Å². The van der Waals surface area contributed by atoms with Crippen LogP contribution < -0.4 is 0 Å². The van der Waals surface area contributed by atoms with Crippen molar-refractivity contribution < 1.29 is 14.3 Å². The lowest BCUT2D eigenvalue weighted by Crippen LogP contribution is -2.10. The molecule has 0 aromatic rings. The molecule has 0 aliphatic carbocycles. The van der Waals surface area contributed by atoms with Crippen molar-refractivity contribution in [2.24, 2.45) is 0 Å². The molecule has 0 aromatic carbocycles. The Bertz CT molecular complexity index is 228. The first-order valence-corrected chi connectivity index (χ1v) is 6.65. The normalized spacial score (nSPS) is 20.7. The fourth-order valence-corrected chi connectivity index (χ4v) is 2.61. The Kier molecular flexibility index (Phi) is 5.76. The first kappa shape index (κ1) is 12.6. The van der Waals surface area contributed by atoms with E-state index in [0.29, 0.717) is 0 Å². The molecule has 1 atom stereocenters. The highest BCUT2D eigenvalue weighted by Gasteiger charge is 2.33. The molecule has 15 heavy (non-hydrogen) atoms. The van der Waals surface area contributed by atoms with Crippen LogP contribution in [0.2, 0.25) is 0 Å². The van der Waals surface area contributed by atoms with Gasteiger partial charge < -0.3 is 4.74 Å². The van der Waals surface area contributed by atoms with Gasteiger partial charge in [-0.15, -0.1) is 11.8 Å². The van der Waals surface area contributed by atoms with E-state index in [1.165, 1.54) is 25.7 Å². The number of cyclic esters (lactones) is 2. The summed E-state index contributed by atoms with van der Waals surface area (Å²) in [5.74, 6) is 0.235. The number of thioether (sulfide) groups is 1. The predicted octanol–water partition coefficient (Wildman–Crippen LogP) is 2.53. The SMILES string of the molecule is CCCCCCCSC1CC(=O)OC1=O. The molecule has 1 saturated heterocycles. The van der Waals surface area contributed by atoms with E-state index < -0.39 is 0 Å². The standard InChI is InChI=1S/C11H18O3S/c1-2-3-4-5-6-7-15-9-8-10(12)14-11(9)13/h9H,2-8H2,1H3. The molecule has 1 heterocycles. The zero-order valence-electron chi connectivity index (χ0n) is 9.16. The third-order valence-electron chi connectivity index (χ3n) is 2.40. The monoisotopic (exact) mass is 230 g/mol. The second kappa shape index (κ2) is 6.88. The summed E-state index contributed by atoms with van der Waals surface area (Å²) in [6.07, 6.45) is 6.41. The minimum absolute atomic E-state index is 0.233. The van der Waals surface area contributed by atoms with Crippen molar-refractivity contribution in [1.29, 1.82) is 0 Å². The van der Waals surface area contributed by atoms with Gasteiger partial charge in [-0.3, -0.25) is 9.59 Å². The fraction of sp³-hybridized carbons (Fsp3) is 0.818. The predicted molar refractivity (Wildman–Crippen MR) is 60.7 cm³/mol. The Hall–Kier alpha value is -0.510. The Labute approximate surface area is 94.9 Å². The number of esters is 2. The molecule has 1 aliphatic heterocycles. The van der Waals surface area contributed by atoms with E-state index in [1.54, 1.807) is 11.8 Å². The van der Waals surface area contributed by atoms with E-state index in [0.717, 1.165) is 12.2 Å². The summed E-state index contributed by atoms with van der Waals surface area (Å²) in [7, 11) is 0. The molecule has 0 aromatic heterocycles. The van der Waals surface area contributed by atoms with Gasteiger partial charge in [-0.25, -0.2) is 0 Å². The van der Waals surface area contributed by atoms with Crippen molar-refractivity contribution in [1.82, 2.24) is 0 Å². The van der Waals surface area contributed by atoms with E-state index in [-0.39, 0.29) is 23.6 Å². The fourth-order valence-electron chi connectivity index (χ4n) is 1.51. The molecule has 0 saturated carbocycles. The molecule has 3 nitrogen and oxygen atoms in total. The average Bonchev–Trinajstić information content (AvgIpc) is 2.51. The van der Waals surface area contributed by atoms with E-state index in [1.807, 2.05) is 0 Å². The molecule has 0 radical (unpaired) electrons. The van der Waals surface area contributed by atoms with E-state index in [9.17, 15) is 9.59 Å². The van der Waals surface area contributed by atoms with Crippen molar-refractivity contribution in [3.05, 3.63) is 0 Å². The lowest BCUT2D eigenvalue weighted by molar-refractivity contribution is -0.151. The number of ether oxygens (including phenoxy) is 1. The van der Waals surface area contributed by atoms with Gasteiger partial charge in [-0.2, -0.15) is 0 Å². The first-order chi connectivity index (χ1) is 7.24. The van der Waals surface area contributed by atoms with Gasteiger partial charge in [-0.05, 0) is 12.2 Å². The summed E-state index contributed by atoms with van der Waals surface area (Å²) in [5, 5.41) is -0.233. The highest BCUT2D eigenvalue weighted by atomic mass is 32.2. The van der Waals surface area contributed by atoms with Crippen molar-refractivity contribution in [3.8, 4) is 0 Å². The largest absolute Gasteiger partial charge is 0.392 e. The van der Waals surface area contributed by atoms with Crippen LogP contribution >= 0.6 is 11.8 Å². The van der Waals surface area contributed by atoms with Crippen LogP contribution in [0.25, 0.3) is 0 Å². The van der Waals surface area contributed by atoms with Gasteiger partial charge in [0, 0.05) is 0 Å². The number of unbranched alkanes of at least 4 members (excludes halogenated alkanes) is 4. The van der Waals surface area contributed by atoms with E-state index in [4.69, 9.17) is 0 Å². The van der Waals surface area contributed by atoms with Gasteiger partial charge in [0.1, 0.15) is 5.25 Å². The number of carbonyl (C=O) groups is 2. The topological polar surface area (TPSA) is 43.4 Å². The summed E-state index contributed by atoms with van der Waals surface area (Å²) in [6, 6.07) is 0. The second-order valence-corrected chi connectivity index (χ2v) is 5.08. The van der Waals surface area contributed by atoms with Crippen molar-refractivity contribution in [3.63, 3.8) is 0 Å². The molecule has 0 N–H and O–H groups in total. The summed E-state index contributed by atoms with van der Waals surface area (Å²) in [6.45, 7) is 2.19. The molecule has 86 valence electrons. The number of rotatable bonds is 7. The zero-order valence-corrected chi connectivity index (χ0v) is 9.98. The quantitative estimate of drug-likeness (QED) is 0.383. The minimum Gasteiger partial charge on any atom is -0.392 e. The first-order valence-electron chi connectivity index (χ1n) is 5.60. The Balaban J connectivity index is 2.00. The molecule has 1 fully saturated rings. The van der Waals surface area contributed by atoms with Gasteiger partial charge in [0.25, 0.3) is 0 Å². The van der Waals surface area contributed by atoms with E-state index >= 15 is 0 Å². The Morgan fingerprint density at radius 1 is 1.27 bits per heavy atom. The second-order valence-electron chi connectivity index (χ2n) is 3.77. The molecule has 4 heteroatoms. The van der Waals surface area contributed by atoms with Crippen LogP contribution in [0.15, 0.2) is 0 Å². The van der Waals surface area contributed by atoms with E-state index in [2.05, 4.69) is 11.7 Å². The van der Waals surface area contributed by atoms with Crippen LogP contribution in [0.5, 0.6) is 0 Å². The van der Waals surface area contributed by atoms with Gasteiger partial charge in [0.2, 0.25) is 0 Å². The molecule has 1 rings (SSSR count). The molecular formula is C11H18O3S. The minimum atomic E-state index is -0.372. The van der Waals surface area contributed by atoms with Crippen LogP contribution in [-0.4, -0.2) is 22.9 Å². The van der Waals surface area contributed by atoms with Crippen LogP contribution in [0.4, 0.5) is 0 Å². The average molecular weight is 230 g/mol. The summed E-state index contributed by atoms with van der Waals surface area (Å²) in [4.78, 5) is 21.9. The third-order valence-corrected chi connectivity index (χ3v) is 3.68. The van der Waals surface area contributed by atoms with Gasteiger partial charge in [0.15, 0.2) is 0 Å². The molecular weight excluding hydrogens is 212 g/mol. The summed E-state index contributed by atoms with van der Waals surface area (Å²) in [5.41, 5.74) is 0. The van der Waals surface area contributed by atoms with Gasteiger partial charge in [0.05, 0.1) is 6.42 Å². The maximum absolute atomic E-state index is 11.1. The molecule has 1 unspecified atom stereocenters. The summed E-state index contributed by atoms with van der Waals surface area (Å²) < 4.78 is 4.47. The smallest absolute Gasteiger partial charge is 0.327 e. The van der Waals surface area contributed by atoms with Crippen LogP contribution in [0.1, 0.15) is 45.4 Å². The molecule has 0 spiro atoms. The van der Waals surface area contributed by atoms with Crippen LogP contribution in [-0.2, 0) is 14.3 Å². The molecule has 0 amide bonds. The lowest BCUT2D eigenvalue weighted by atomic mass is 10.2. The van der Waals surface area contributed by atoms with Crippen molar-refractivity contribution >= 4 is 23.7 Å². The molecule has 0 bridgehead atoms. The van der Waals surface area contributed by atoms with Crippen molar-refractivity contribution in [2.75, 3.05) is 5.75 Å². The highest BCUT2D eigenvalue weighted by Crippen LogP contribution is 2.23.